The fraction of sp³-hybridized carbons (Fsp3) is 0.533. The number of likely N-dealkylation sites (tertiary alicyclic amines) is 1. The van der Waals surface area contributed by atoms with Crippen LogP contribution in [0.3, 0.4) is 0 Å². The number of phenols is 1. The Morgan fingerprint density at radius 3 is 2.73 bits per heavy atom. The van der Waals surface area contributed by atoms with Crippen molar-refractivity contribution in [2.24, 2.45) is 5.92 Å². The van der Waals surface area contributed by atoms with E-state index in [1.807, 2.05) is 0 Å². The van der Waals surface area contributed by atoms with Crippen LogP contribution in [0.2, 0.25) is 0 Å². The highest BCUT2D eigenvalue weighted by molar-refractivity contribution is 5.87. The molecule has 2 aliphatic heterocycles. The molecule has 196 valence electrons. The topological polar surface area (TPSA) is 68.7 Å². The minimum atomic E-state index is -0.935. The van der Waals surface area contributed by atoms with Crippen LogP contribution in [0.4, 0.5) is 0 Å². The van der Waals surface area contributed by atoms with Crippen molar-refractivity contribution in [1.82, 2.24) is 9.88 Å². The number of aromatic nitrogens is 1. The second kappa shape index (κ2) is 7.64. The number of aromatic amines is 1. The maximum Gasteiger partial charge on any atom is 0.166 e. The molecular weight excluding hydrogens is 577 g/mol. The summed E-state index contributed by atoms with van der Waals surface area (Å²) >= 11 is 0. The Kier molecular flexibility index (Phi) is 5.01. The van der Waals surface area contributed by atoms with Crippen LogP contribution in [0.15, 0.2) is 30.3 Å². The third-order valence-corrected chi connectivity index (χ3v) is 9.88. The van der Waals surface area contributed by atoms with Gasteiger partial charge in [0.2, 0.25) is 0 Å². The average molecular weight is 614 g/mol. The number of quaternary nitrogens is 1. The van der Waals surface area contributed by atoms with Gasteiger partial charge in [-0.3, -0.25) is 4.90 Å². The summed E-state index contributed by atoms with van der Waals surface area (Å²) in [6, 6.07) is 10.7. The van der Waals surface area contributed by atoms with E-state index in [1.54, 1.807) is 6.07 Å². The van der Waals surface area contributed by atoms with Crippen LogP contribution in [0.1, 0.15) is 53.3 Å². The molecule has 4 atom stereocenters. The quantitative estimate of drug-likeness (QED) is 0.301. The maximum atomic E-state index is 13.0. The van der Waals surface area contributed by atoms with Gasteiger partial charge in [0, 0.05) is 41.0 Å². The number of nitrogens with zero attached hydrogens (tertiary/aromatic N) is 2. The van der Waals surface area contributed by atoms with E-state index in [1.165, 1.54) is 34.9 Å². The van der Waals surface area contributed by atoms with Crippen molar-refractivity contribution < 1.29 is 43.4 Å². The second-order valence-electron chi connectivity index (χ2n) is 13.3. The summed E-state index contributed by atoms with van der Waals surface area (Å²) in [7, 11) is 6.65. The molecule has 2 aromatic carbocycles. The normalized spacial score (nSPS) is 31.5. The molecule has 0 radical (unpaired) electrons. The number of H-pyrrole nitrogens is 1. The molecule has 1 saturated heterocycles. The van der Waals surface area contributed by atoms with Gasteiger partial charge in [-0.1, -0.05) is 12.1 Å². The lowest BCUT2D eigenvalue weighted by atomic mass is 9.49. The highest BCUT2D eigenvalue weighted by Gasteiger charge is 2.72. The number of ether oxygens (including phenoxy) is 1. The minimum Gasteiger partial charge on any atom is -1.00 e. The molecule has 3 aromatic rings. The van der Waals surface area contributed by atoms with E-state index >= 15 is 0 Å². The number of fused-ring (bicyclic) bond motifs is 4. The number of piperidine rings is 1. The van der Waals surface area contributed by atoms with Crippen LogP contribution in [0.5, 0.6) is 11.5 Å². The van der Waals surface area contributed by atoms with Gasteiger partial charge in [-0.2, -0.15) is 0 Å². The summed E-state index contributed by atoms with van der Waals surface area (Å²) in [5.41, 5.74) is 5.56. The van der Waals surface area contributed by atoms with Gasteiger partial charge in [0.25, 0.3) is 0 Å². The van der Waals surface area contributed by atoms with Crippen molar-refractivity contribution in [2.45, 2.75) is 61.8 Å². The number of hydrogen-bond donors (Lipinski definition) is 3. The van der Waals surface area contributed by atoms with Crippen LogP contribution in [-0.2, 0) is 24.8 Å². The van der Waals surface area contributed by atoms with Gasteiger partial charge in [0.05, 0.1) is 37.9 Å². The number of phenolic OH excluding ortho intramolecular Hbond substituents is 1. The van der Waals surface area contributed by atoms with E-state index in [0.29, 0.717) is 12.2 Å². The highest BCUT2D eigenvalue weighted by Crippen LogP contribution is 2.69. The number of rotatable bonds is 4. The van der Waals surface area contributed by atoms with Crippen molar-refractivity contribution in [3.8, 4) is 11.5 Å². The Balaban J connectivity index is 0.00000231. The van der Waals surface area contributed by atoms with Gasteiger partial charge < -0.3 is 48.4 Å². The van der Waals surface area contributed by atoms with Gasteiger partial charge >= 0.3 is 0 Å². The first-order valence-electron chi connectivity index (χ1n) is 13.6. The van der Waals surface area contributed by atoms with E-state index in [0.717, 1.165) is 59.7 Å². The average Bonchev–Trinajstić information content (AvgIpc) is 3.45. The minimum absolute atomic E-state index is 0. The first kappa shape index (κ1) is 24.2. The predicted octanol–water partition coefficient (Wildman–Crippen LogP) is 0.783. The first-order chi connectivity index (χ1) is 17.2. The smallest absolute Gasteiger partial charge is 0.166 e. The van der Waals surface area contributed by atoms with Crippen molar-refractivity contribution in [2.75, 3.05) is 34.2 Å². The number of aromatic hydroxyl groups is 1. The van der Waals surface area contributed by atoms with Crippen molar-refractivity contribution >= 4 is 10.9 Å². The molecule has 8 rings (SSSR count). The molecule has 3 heterocycles. The number of benzene rings is 2. The monoisotopic (exact) mass is 613 g/mol. The zero-order valence-electron chi connectivity index (χ0n) is 21.9. The highest BCUT2D eigenvalue weighted by atomic mass is 127. The van der Waals surface area contributed by atoms with Crippen LogP contribution in [0, 0.1) is 5.92 Å². The summed E-state index contributed by atoms with van der Waals surface area (Å²) in [4.78, 5) is 6.32. The van der Waals surface area contributed by atoms with E-state index in [9.17, 15) is 10.2 Å². The van der Waals surface area contributed by atoms with E-state index < -0.39 is 11.0 Å². The Hall–Kier alpha value is -1.81. The molecule has 1 aromatic heterocycles. The molecule has 5 aliphatic rings. The standard InChI is InChI=1S/C30H35N3O3.HI/c1-33(2,3)16-18-6-8-22-20(12-18)21-14-30(35)24-13-19-7-9-23(34)27-25(19)29(30,28(36-27)26(21)31-22)10-11-32(24)15-17-4-5-17;/h6-9,12,17,24,28,31,35H,4-5,10-11,13-16H2,1-3H3;1H/t24?,28-,29-,30+;/m0./s1. The lowest BCUT2D eigenvalue weighted by Crippen LogP contribution is -3.00. The van der Waals surface area contributed by atoms with Gasteiger partial charge in [0.15, 0.2) is 17.6 Å². The van der Waals surface area contributed by atoms with Crippen molar-refractivity contribution in [3.05, 3.63) is 58.3 Å². The molecular formula is C30H36IN3O3. The summed E-state index contributed by atoms with van der Waals surface area (Å²) in [6.07, 6.45) is 4.60. The Bertz CT molecular complexity index is 1440. The van der Waals surface area contributed by atoms with Crippen LogP contribution in [0.25, 0.3) is 10.9 Å². The number of halogens is 1. The van der Waals surface area contributed by atoms with Crippen LogP contribution >= 0.6 is 0 Å². The molecule has 7 heteroatoms. The van der Waals surface area contributed by atoms with Crippen LogP contribution < -0.4 is 28.7 Å². The number of aliphatic hydroxyl groups is 1. The fourth-order valence-corrected chi connectivity index (χ4v) is 8.31. The van der Waals surface area contributed by atoms with Gasteiger partial charge in [-0.25, -0.2) is 0 Å². The Labute approximate surface area is 235 Å². The van der Waals surface area contributed by atoms with Crippen molar-refractivity contribution in [3.63, 3.8) is 0 Å². The van der Waals surface area contributed by atoms with Crippen molar-refractivity contribution in [1.29, 1.82) is 0 Å². The molecule has 3 aliphatic carbocycles. The molecule has 0 amide bonds. The summed E-state index contributed by atoms with van der Waals surface area (Å²) in [5.74, 6) is 1.57. The third-order valence-electron chi connectivity index (χ3n) is 9.88. The summed E-state index contributed by atoms with van der Waals surface area (Å²) in [6.45, 7) is 3.01. The maximum absolute atomic E-state index is 13.0. The second-order valence-corrected chi connectivity index (χ2v) is 13.3. The van der Waals surface area contributed by atoms with Gasteiger partial charge in [0.1, 0.15) is 6.54 Å². The van der Waals surface area contributed by atoms with Crippen LogP contribution in [-0.4, -0.2) is 70.5 Å². The van der Waals surface area contributed by atoms with E-state index in [4.69, 9.17) is 4.74 Å². The van der Waals surface area contributed by atoms with E-state index in [-0.39, 0.29) is 41.9 Å². The third kappa shape index (κ3) is 3.14. The molecule has 37 heavy (non-hydrogen) atoms. The lowest BCUT2D eigenvalue weighted by molar-refractivity contribution is -0.883. The summed E-state index contributed by atoms with van der Waals surface area (Å²) < 4.78 is 7.57. The van der Waals surface area contributed by atoms with Gasteiger partial charge in [-0.05, 0) is 67.5 Å². The molecule has 2 bridgehead atoms. The predicted molar refractivity (Wildman–Crippen MR) is 138 cm³/mol. The molecule has 1 saturated carbocycles. The molecule has 6 nitrogen and oxygen atoms in total. The summed E-state index contributed by atoms with van der Waals surface area (Å²) in [5, 5.41) is 25.0. The fourth-order valence-electron chi connectivity index (χ4n) is 8.31. The zero-order valence-corrected chi connectivity index (χ0v) is 24.0. The number of nitrogens with one attached hydrogen (secondary N) is 1. The number of hydrogen-bond acceptors (Lipinski definition) is 4. The molecule has 3 N–H and O–H groups in total. The Morgan fingerprint density at radius 2 is 1.97 bits per heavy atom. The molecule has 1 unspecified atom stereocenters. The SMILES string of the molecule is C[N+](C)(C)Cc1ccc2[nH]c3c(c2c1)C[C@@]1(O)C2Cc4ccc(O)c5c4[C@@]1(CCN2CC1CC1)[C@H]3O5.[I-]. The molecule has 2 fully saturated rings. The first-order valence-corrected chi connectivity index (χ1v) is 13.6. The molecule has 1 spiro atoms. The zero-order chi connectivity index (χ0) is 24.6. The largest absolute Gasteiger partial charge is 1.00 e. The van der Waals surface area contributed by atoms with Gasteiger partial charge in [-0.15, -0.1) is 0 Å². The van der Waals surface area contributed by atoms with E-state index in [2.05, 4.69) is 55.3 Å². The Morgan fingerprint density at radius 1 is 1.16 bits per heavy atom. The lowest BCUT2D eigenvalue weighted by Gasteiger charge is -2.62.